The molecule has 32 heavy (non-hydrogen) atoms. The van der Waals surface area contributed by atoms with Crippen molar-refractivity contribution >= 4 is 33.8 Å². The Hall–Kier alpha value is -2.83. The van der Waals surface area contributed by atoms with Crippen molar-refractivity contribution < 1.29 is 13.2 Å². The molecule has 0 radical (unpaired) electrons. The number of piperidine rings is 1. The summed E-state index contributed by atoms with van der Waals surface area (Å²) in [6.45, 7) is 1.92. The van der Waals surface area contributed by atoms with Gasteiger partial charge < -0.3 is 20.1 Å². The van der Waals surface area contributed by atoms with E-state index in [1.54, 1.807) is 0 Å². The Bertz CT molecular complexity index is 1080. The van der Waals surface area contributed by atoms with Gasteiger partial charge in [0.2, 0.25) is 0 Å². The third-order valence-electron chi connectivity index (χ3n) is 6.79. The predicted molar refractivity (Wildman–Crippen MR) is 125 cm³/mol. The summed E-state index contributed by atoms with van der Waals surface area (Å²) in [5.74, 6) is 0.795. The number of aryl methyl sites for hydroxylation is 1. The van der Waals surface area contributed by atoms with E-state index >= 15 is 0 Å². The van der Waals surface area contributed by atoms with E-state index < -0.39 is 12.1 Å². The molecule has 0 unspecified atom stereocenters. The Morgan fingerprint density at radius 2 is 1.59 bits per heavy atom. The van der Waals surface area contributed by atoms with Gasteiger partial charge in [0.25, 0.3) is 0 Å². The summed E-state index contributed by atoms with van der Waals surface area (Å²) in [5.41, 5.74) is 4.10. The summed E-state index contributed by atoms with van der Waals surface area (Å²) in [5, 5.41) is 8.21. The van der Waals surface area contributed by atoms with Crippen molar-refractivity contribution in [3.05, 3.63) is 48.5 Å². The first-order chi connectivity index (χ1) is 15.4. The molecule has 0 bridgehead atoms. The molecular formula is C25H29F3N4. The van der Waals surface area contributed by atoms with Gasteiger partial charge in [-0.1, -0.05) is 6.07 Å². The van der Waals surface area contributed by atoms with Crippen LogP contribution in [0, 0.1) is 11.8 Å². The molecule has 4 nitrogen and oxygen atoms in total. The van der Waals surface area contributed by atoms with Crippen LogP contribution in [0.2, 0.25) is 0 Å². The van der Waals surface area contributed by atoms with Crippen molar-refractivity contribution in [2.45, 2.75) is 31.9 Å². The minimum atomic E-state index is -4.08. The molecule has 2 aliphatic rings. The zero-order valence-corrected chi connectivity index (χ0v) is 18.3. The zero-order chi connectivity index (χ0) is 22.3. The Balaban J connectivity index is 1.23. The Morgan fingerprint density at radius 3 is 2.25 bits per heavy atom. The average molecular weight is 443 g/mol. The molecule has 0 spiro atoms. The average Bonchev–Trinajstić information content (AvgIpc) is 3.56. The molecule has 2 aromatic carbocycles. The second kappa shape index (κ2) is 8.26. The summed E-state index contributed by atoms with van der Waals surface area (Å²) in [6.07, 6.45) is -1.09. The van der Waals surface area contributed by atoms with Crippen LogP contribution in [0.5, 0.6) is 0 Å². The highest BCUT2D eigenvalue weighted by Gasteiger charge is 2.41. The molecule has 0 atom stereocenters. The Labute approximate surface area is 186 Å². The number of halogens is 3. The minimum absolute atomic E-state index is 0.164. The summed E-state index contributed by atoms with van der Waals surface area (Å²) >= 11 is 0. The smallest absolute Gasteiger partial charge is 0.372 e. The second-order valence-electron chi connectivity index (χ2n) is 9.16. The number of alkyl halides is 3. The molecule has 3 aromatic rings. The highest BCUT2D eigenvalue weighted by molar-refractivity contribution is 5.88. The fourth-order valence-electron chi connectivity index (χ4n) is 4.54. The Kier molecular flexibility index (Phi) is 5.43. The van der Waals surface area contributed by atoms with Gasteiger partial charge in [-0.15, -0.1) is 0 Å². The number of hydrogen-bond acceptors (Lipinski definition) is 3. The lowest BCUT2D eigenvalue weighted by atomic mass is 9.96. The number of rotatable bonds is 6. The van der Waals surface area contributed by atoms with E-state index in [9.17, 15) is 13.2 Å². The largest absolute Gasteiger partial charge is 0.391 e. The summed E-state index contributed by atoms with van der Waals surface area (Å²) in [6, 6.07) is 16.5. The topological polar surface area (TPSA) is 32.2 Å². The third-order valence-corrected chi connectivity index (χ3v) is 6.79. The first-order valence-electron chi connectivity index (χ1n) is 11.4. The molecule has 7 heteroatoms. The van der Waals surface area contributed by atoms with Crippen LogP contribution in [-0.2, 0) is 7.05 Å². The number of aromatic nitrogens is 1. The maximum atomic E-state index is 12.9. The van der Waals surface area contributed by atoms with Crippen LogP contribution in [0.1, 0.15) is 25.7 Å². The molecule has 2 fully saturated rings. The highest BCUT2D eigenvalue weighted by Crippen LogP contribution is 2.36. The van der Waals surface area contributed by atoms with E-state index in [-0.39, 0.29) is 12.8 Å². The Morgan fingerprint density at radius 1 is 0.906 bits per heavy atom. The van der Waals surface area contributed by atoms with Crippen molar-refractivity contribution in [1.29, 1.82) is 0 Å². The maximum Gasteiger partial charge on any atom is 0.391 e. The van der Waals surface area contributed by atoms with Gasteiger partial charge in [-0.05, 0) is 74.1 Å². The van der Waals surface area contributed by atoms with Gasteiger partial charge in [0.15, 0.2) is 0 Å². The number of hydrogen-bond donors (Lipinski definition) is 2. The van der Waals surface area contributed by atoms with Gasteiger partial charge in [-0.3, -0.25) is 0 Å². The van der Waals surface area contributed by atoms with Crippen LogP contribution in [0.15, 0.2) is 48.5 Å². The number of fused-ring (bicyclic) bond motifs is 1. The fraction of sp³-hybridized carbons (Fsp3) is 0.440. The first-order valence-corrected chi connectivity index (χ1v) is 11.4. The van der Waals surface area contributed by atoms with Crippen LogP contribution < -0.4 is 15.5 Å². The molecule has 1 saturated heterocycles. The van der Waals surface area contributed by atoms with E-state index in [0.717, 1.165) is 40.9 Å². The predicted octanol–water partition coefficient (Wildman–Crippen LogP) is 6.52. The van der Waals surface area contributed by atoms with E-state index in [0.29, 0.717) is 13.1 Å². The highest BCUT2D eigenvalue weighted by atomic mass is 19.4. The normalized spacial score (nSPS) is 17.7. The molecular weight excluding hydrogens is 413 g/mol. The molecule has 0 amide bonds. The van der Waals surface area contributed by atoms with Crippen molar-refractivity contribution in [3.8, 4) is 0 Å². The molecule has 1 aliphatic heterocycles. The first kappa shape index (κ1) is 21.0. The van der Waals surface area contributed by atoms with Gasteiger partial charge in [-0.2, -0.15) is 13.2 Å². The summed E-state index contributed by atoms with van der Waals surface area (Å²) in [7, 11) is 2.08. The lowest BCUT2D eigenvalue weighted by Crippen LogP contribution is -2.38. The number of nitrogens with one attached hydrogen (secondary N) is 2. The van der Waals surface area contributed by atoms with Crippen LogP contribution in [0.4, 0.5) is 36.1 Å². The maximum absolute atomic E-state index is 12.9. The van der Waals surface area contributed by atoms with Gasteiger partial charge in [0.1, 0.15) is 5.82 Å². The summed E-state index contributed by atoms with van der Waals surface area (Å²) < 4.78 is 40.9. The van der Waals surface area contributed by atoms with E-state index in [1.807, 2.05) is 29.2 Å². The molecule has 5 rings (SSSR count). The molecule has 1 saturated carbocycles. The van der Waals surface area contributed by atoms with Gasteiger partial charge >= 0.3 is 6.18 Å². The van der Waals surface area contributed by atoms with Crippen LogP contribution >= 0.6 is 0 Å². The van der Waals surface area contributed by atoms with Crippen molar-refractivity contribution in [3.63, 3.8) is 0 Å². The summed E-state index contributed by atoms with van der Waals surface area (Å²) in [4.78, 5) is 2.04. The molecule has 2 heterocycles. The molecule has 170 valence electrons. The molecule has 2 N–H and O–H groups in total. The van der Waals surface area contributed by atoms with E-state index in [4.69, 9.17) is 0 Å². The van der Waals surface area contributed by atoms with Crippen LogP contribution in [-0.4, -0.2) is 30.4 Å². The van der Waals surface area contributed by atoms with Crippen LogP contribution in [0.25, 0.3) is 10.9 Å². The van der Waals surface area contributed by atoms with Crippen molar-refractivity contribution in [2.75, 3.05) is 35.2 Å². The monoisotopic (exact) mass is 442 g/mol. The number of benzene rings is 2. The van der Waals surface area contributed by atoms with Gasteiger partial charge in [0, 0.05) is 49.1 Å². The number of nitrogens with zero attached hydrogens (tertiary/aromatic N) is 2. The van der Waals surface area contributed by atoms with Crippen molar-refractivity contribution in [1.82, 2.24) is 4.57 Å². The number of anilines is 4. The fourth-order valence-corrected chi connectivity index (χ4v) is 4.54. The lowest BCUT2D eigenvalue weighted by Gasteiger charge is -2.34. The quantitative estimate of drug-likeness (QED) is 0.456. The third kappa shape index (κ3) is 4.52. The van der Waals surface area contributed by atoms with E-state index in [1.165, 1.54) is 18.2 Å². The minimum Gasteiger partial charge on any atom is -0.372 e. The van der Waals surface area contributed by atoms with Gasteiger partial charge in [0.05, 0.1) is 11.4 Å². The van der Waals surface area contributed by atoms with Crippen LogP contribution in [0.3, 0.4) is 0 Å². The van der Waals surface area contributed by atoms with Gasteiger partial charge in [-0.25, -0.2) is 0 Å². The molecule has 1 aliphatic carbocycles. The standard InChI is InChI=1S/C25H29F3N4/c1-31-23-15-21(5-4-18(23)14-24(31)29-16-17-2-3-17)30-20-6-8-22(9-7-20)32-12-10-19(11-13-32)25(26,27)28/h4-9,14-15,17,19,29-30H,2-3,10-13,16H2,1H3. The lowest BCUT2D eigenvalue weighted by molar-refractivity contribution is -0.179. The van der Waals surface area contributed by atoms with E-state index in [2.05, 4.69) is 46.5 Å². The zero-order valence-electron chi connectivity index (χ0n) is 18.3. The van der Waals surface area contributed by atoms with Crippen molar-refractivity contribution in [2.24, 2.45) is 18.9 Å². The molecule has 1 aromatic heterocycles. The second-order valence-corrected chi connectivity index (χ2v) is 9.16. The SMILES string of the molecule is Cn1c(NCC2CC2)cc2ccc(Nc3ccc(N4CCC(C(F)(F)F)CC4)cc3)cc21.